The lowest BCUT2D eigenvalue weighted by Crippen LogP contribution is -2.28. The molecule has 2 aromatic heterocycles. The first kappa shape index (κ1) is 19.8. The Balaban J connectivity index is 2.36. The number of anilines is 1. The van der Waals surface area contributed by atoms with E-state index in [1.165, 1.54) is 4.68 Å². The van der Waals surface area contributed by atoms with E-state index < -0.39 is 5.97 Å². The molecule has 0 aliphatic heterocycles. The first-order valence-corrected chi connectivity index (χ1v) is 9.04. The van der Waals surface area contributed by atoms with Gasteiger partial charge in [0.2, 0.25) is 11.6 Å². The van der Waals surface area contributed by atoms with Crippen LogP contribution in [0.25, 0.3) is 5.82 Å². The smallest absolute Gasteiger partial charge is 0.360 e. The van der Waals surface area contributed by atoms with Gasteiger partial charge in [-0.1, -0.05) is 31.9 Å². The summed E-state index contributed by atoms with van der Waals surface area (Å²) >= 11 is 0. The number of ether oxygens (including phenoxy) is 1. The molecule has 2 aromatic rings. The molecule has 0 bridgehead atoms. The van der Waals surface area contributed by atoms with Crippen molar-refractivity contribution in [3.8, 4) is 5.82 Å². The molecule has 0 fully saturated rings. The lowest BCUT2D eigenvalue weighted by Gasteiger charge is -2.22. The zero-order chi connectivity index (χ0) is 18.9. The van der Waals surface area contributed by atoms with Crippen molar-refractivity contribution in [2.75, 3.05) is 25.4 Å². The number of carbonyl (C=O) groups is 1. The lowest BCUT2D eigenvalue weighted by atomic mass is 10.2. The number of nitrogens with two attached hydrogens (primary N) is 1. The van der Waals surface area contributed by atoms with E-state index in [2.05, 4.69) is 44.0 Å². The van der Waals surface area contributed by atoms with Crippen LogP contribution in [0.15, 0.2) is 4.63 Å². The minimum absolute atomic E-state index is 0.0835. The zero-order valence-corrected chi connectivity index (χ0v) is 15.6. The Morgan fingerprint density at radius 1 is 1.19 bits per heavy atom. The molecule has 0 saturated carbocycles. The predicted octanol–water partition coefficient (Wildman–Crippen LogP) is 1.81. The summed E-state index contributed by atoms with van der Waals surface area (Å²) in [5.74, 6) is -0.219. The topological polar surface area (TPSA) is 125 Å². The maximum Gasteiger partial charge on any atom is 0.360 e. The SMILES string of the molecule is CCCCN(CCCC)Cc1c(C(=O)OCC)nnn1-c1nonc1N. The highest BCUT2D eigenvalue weighted by Crippen LogP contribution is 2.18. The van der Waals surface area contributed by atoms with Crippen LogP contribution in [0.2, 0.25) is 0 Å². The predicted molar refractivity (Wildman–Crippen MR) is 94.7 cm³/mol. The molecule has 0 aliphatic carbocycles. The van der Waals surface area contributed by atoms with Gasteiger partial charge >= 0.3 is 5.97 Å². The van der Waals surface area contributed by atoms with Crippen molar-refractivity contribution in [2.24, 2.45) is 0 Å². The Hall–Kier alpha value is -2.49. The van der Waals surface area contributed by atoms with Crippen LogP contribution in [0.3, 0.4) is 0 Å². The van der Waals surface area contributed by atoms with E-state index in [-0.39, 0.29) is 23.9 Å². The molecule has 0 unspecified atom stereocenters. The Bertz CT molecular complexity index is 690. The number of hydrogen-bond acceptors (Lipinski definition) is 9. The van der Waals surface area contributed by atoms with Crippen molar-refractivity contribution in [1.82, 2.24) is 30.2 Å². The largest absolute Gasteiger partial charge is 0.461 e. The summed E-state index contributed by atoms with van der Waals surface area (Å²) in [4.78, 5) is 14.6. The van der Waals surface area contributed by atoms with Gasteiger partial charge in [0, 0.05) is 6.54 Å². The average molecular weight is 365 g/mol. The monoisotopic (exact) mass is 365 g/mol. The summed E-state index contributed by atoms with van der Waals surface area (Å²) in [6, 6.07) is 0. The van der Waals surface area contributed by atoms with Gasteiger partial charge in [0.25, 0.3) is 0 Å². The molecular formula is C16H27N7O3. The average Bonchev–Trinajstić information content (AvgIpc) is 3.23. The molecule has 2 rings (SSSR count). The third-order valence-corrected chi connectivity index (χ3v) is 3.96. The molecule has 10 heteroatoms. The molecule has 2 N–H and O–H groups in total. The number of carbonyl (C=O) groups excluding carboxylic acids is 1. The minimum atomic E-state index is -0.519. The van der Waals surface area contributed by atoms with Crippen LogP contribution < -0.4 is 5.73 Å². The maximum atomic E-state index is 12.3. The third-order valence-electron chi connectivity index (χ3n) is 3.96. The molecule has 144 valence electrons. The van der Waals surface area contributed by atoms with Crippen molar-refractivity contribution in [1.29, 1.82) is 0 Å². The molecule has 0 saturated heterocycles. The van der Waals surface area contributed by atoms with Gasteiger partial charge in [-0.2, -0.15) is 4.68 Å². The fraction of sp³-hybridized carbons (Fsp3) is 0.688. The summed E-state index contributed by atoms with van der Waals surface area (Å²) in [6.07, 6.45) is 4.30. The number of hydrogen-bond donors (Lipinski definition) is 1. The van der Waals surface area contributed by atoms with Crippen molar-refractivity contribution in [3.63, 3.8) is 0 Å². The summed E-state index contributed by atoms with van der Waals surface area (Å²) in [5, 5.41) is 15.4. The van der Waals surface area contributed by atoms with Gasteiger partial charge in [0.05, 0.1) is 12.3 Å². The fourth-order valence-electron chi connectivity index (χ4n) is 2.55. The van der Waals surface area contributed by atoms with E-state index in [4.69, 9.17) is 10.5 Å². The van der Waals surface area contributed by atoms with Gasteiger partial charge in [-0.25, -0.2) is 9.42 Å². The standard InChI is InChI=1S/C16H27N7O3/c1-4-7-9-22(10-8-5-2)11-12-13(16(24)25-6-3)18-21-23(12)15-14(17)19-26-20-15/h4-11H2,1-3H3,(H2,17,19). The summed E-state index contributed by atoms with van der Waals surface area (Å²) < 4.78 is 11.2. The van der Waals surface area contributed by atoms with Gasteiger partial charge in [-0.05, 0) is 43.2 Å². The Kier molecular flexibility index (Phi) is 7.52. The van der Waals surface area contributed by atoms with Crippen LogP contribution in [0, 0.1) is 0 Å². The molecule has 0 amide bonds. The van der Waals surface area contributed by atoms with Crippen molar-refractivity contribution < 1.29 is 14.2 Å². The van der Waals surface area contributed by atoms with Gasteiger partial charge in [0.1, 0.15) is 0 Å². The normalized spacial score (nSPS) is 11.2. The molecule has 0 radical (unpaired) electrons. The number of unbranched alkanes of at least 4 members (excludes halogenated alkanes) is 2. The van der Waals surface area contributed by atoms with Gasteiger partial charge < -0.3 is 10.5 Å². The lowest BCUT2D eigenvalue weighted by molar-refractivity contribution is 0.0516. The van der Waals surface area contributed by atoms with Crippen LogP contribution in [0.1, 0.15) is 62.6 Å². The van der Waals surface area contributed by atoms with E-state index in [9.17, 15) is 4.79 Å². The van der Waals surface area contributed by atoms with Crippen LogP contribution >= 0.6 is 0 Å². The van der Waals surface area contributed by atoms with Crippen LogP contribution in [-0.4, -0.2) is 55.9 Å². The Morgan fingerprint density at radius 3 is 2.42 bits per heavy atom. The number of rotatable bonds is 11. The molecule has 0 atom stereocenters. The molecule has 0 spiro atoms. The van der Waals surface area contributed by atoms with E-state index in [1.807, 2.05) is 0 Å². The van der Waals surface area contributed by atoms with E-state index in [0.29, 0.717) is 12.2 Å². The van der Waals surface area contributed by atoms with Gasteiger partial charge in [-0.15, -0.1) is 5.10 Å². The second-order valence-corrected chi connectivity index (χ2v) is 5.97. The molecule has 0 aliphatic rings. The highest BCUT2D eigenvalue weighted by atomic mass is 16.6. The fourth-order valence-corrected chi connectivity index (χ4v) is 2.55. The van der Waals surface area contributed by atoms with E-state index in [0.717, 1.165) is 38.8 Å². The quantitative estimate of drug-likeness (QED) is 0.593. The van der Waals surface area contributed by atoms with Crippen LogP contribution in [-0.2, 0) is 11.3 Å². The minimum Gasteiger partial charge on any atom is -0.461 e. The number of nitrogens with zero attached hydrogens (tertiary/aromatic N) is 6. The summed E-state index contributed by atoms with van der Waals surface area (Å²) in [7, 11) is 0. The second kappa shape index (κ2) is 9.85. The van der Waals surface area contributed by atoms with Gasteiger partial charge in [0.15, 0.2) is 5.69 Å². The summed E-state index contributed by atoms with van der Waals surface area (Å²) in [5.41, 5.74) is 6.52. The van der Waals surface area contributed by atoms with Crippen LogP contribution in [0.4, 0.5) is 5.82 Å². The van der Waals surface area contributed by atoms with Crippen LogP contribution in [0.5, 0.6) is 0 Å². The van der Waals surface area contributed by atoms with Crippen molar-refractivity contribution >= 4 is 11.8 Å². The highest BCUT2D eigenvalue weighted by Gasteiger charge is 2.26. The first-order chi connectivity index (χ1) is 12.6. The second-order valence-electron chi connectivity index (χ2n) is 5.97. The van der Waals surface area contributed by atoms with E-state index in [1.54, 1.807) is 6.92 Å². The zero-order valence-electron chi connectivity index (χ0n) is 15.6. The molecule has 26 heavy (non-hydrogen) atoms. The first-order valence-electron chi connectivity index (χ1n) is 9.04. The number of nitrogen functional groups attached to an aromatic ring is 1. The molecular weight excluding hydrogens is 338 g/mol. The highest BCUT2D eigenvalue weighted by molar-refractivity contribution is 5.88. The Morgan fingerprint density at radius 2 is 1.88 bits per heavy atom. The summed E-state index contributed by atoms with van der Waals surface area (Å²) in [6.45, 7) is 8.61. The number of esters is 1. The molecule has 10 nitrogen and oxygen atoms in total. The van der Waals surface area contributed by atoms with Crippen molar-refractivity contribution in [3.05, 3.63) is 11.4 Å². The number of aromatic nitrogens is 5. The third kappa shape index (κ3) is 4.78. The van der Waals surface area contributed by atoms with Crippen molar-refractivity contribution in [2.45, 2.75) is 53.0 Å². The van der Waals surface area contributed by atoms with Gasteiger partial charge in [-0.3, -0.25) is 4.90 Å². The molecule has 0 aromatic carbocycles. The Labute approximate surface area is 152 Å². The van der Waals surface area contributed by atoms with E-state index >= 15 is 0 Å². The maximum absolute atomic E-state index is 12.3. The molecule has 2 heterocycles.